The molecule has 0 aromatic carbocycles. The highest BCUT2D eigenvalue weighted by atomic mass is 32.2. The number of rotatable bonds is 22. The molecule has 190 valence electrons. The van der Waals surface area contributed by atoms with E-state index in [-0.39, 0.29) is 6.61 Å². The molecule has 2 atom stereocenters. The van der Waals surface area contributed by atoms with E-state index in [1.54, 1.807) is 0 Å². The van der Waals surface area contributed by atoms with Crippen molar-refractivity contribution in [3.05, 3.63) is 0 Å². The third kappa shape index (κ3) is 17.4. The van der Waals surface area contributed by atoms with E-state index in [4.69, 9.17) is 14.4 Å². The lowest BCUT2D eigenvalue weighted by Gasteiger charge is -2.13. The van der Waals surface area contributed by atoms with E-state index in [2.05, 4.69) is 13.8 Å². The molecule has 7 nitrogen and oxygen atoms in total. The number of esters is 1. The summed E-state index contributed by atoms with van der Waals surface area (Å²) in [7, 11) is -4.79. The topological polar surface area (TPSA) is 118 Å². The van der Waals surface area contributed by atoms with E-state index in [0.717, 1.165) is 25.2 Å². The zero-order chi connectivity index (χ0) is 24.2. The van der Waals surface area contributed by atoms with E-state index >= 15 is 0 Å². The van der Waals surface area contributed by atoms with Gasteiger partial charge in [0.15, 0.2) is 5.25 Å². The van der Waals surface area contributed by atoms with Crippen LogP contribution < -0.4 is 0 Å². The van der Waals surface area contributed by atoms with Gasteiger partial charge in [0.05, 0.1) is 13.0 Å². The van der Waals surface area contributed by atoms with Crippen LogP contribution in [0.1, 0.15) is 123 Å². The molecule has 0 radical (unpaired) electrons. The van der Waals surface area contributed by atoms with Crippen molar-refractivity contribution in [3.8, 4) is 0 Å². The lowest BCUT2D eigenvalue weighted by atomic mass is 9.93. The van der Waals surface area contributed by atoms with Crippen LogP contribution in [0.2, 0.25) is 0 Å². The second kappa shape index (κ2) is 19.3. The van der Waals surface area contributed by atoms with Crippen molar-refractivity contribution < 1.29 is 32.4 Å². The predicted molar refractivity (Wildman–Crippen MR) is 127 cm³/mol. The highest BCUT2D eigenvalue weighted by Gasteiger charge is 2.34. The van der Waals surface area contributed by atoms with Gasteiger partial charge in [-0.25, -0.2) is 0 Å². The fraction of sp³-hybridized carbons (Fsp3) is 0.917. The van der Waals surface area contributed by atoms with E-state index in [1.807, 2.05) is 0 Å². The molecular weight excluding hydrogens is 432 g/mol. The molecule has 0 spiro atoms. The summed E-state index contributed by atoms with van der Waals surface area (Å²) in [4.78, 5) is 22.3. The molecule has 32 heavy (non-hydrogen) atoms. The maximum atomic E-state index is 11.7. The number of carboxylic acid groups (broad SMARTS) is 1. The largest absolute Gasteiger partial charge is 0.481 e. The smallest absolute Gasteiger partial charge is 0.327 e. The summed E-state index contributed by atoms with van der Waals surface area (Å²) in [5, 5.41) is 6.59. The number of carbonyl (C=O) groups is 2. The summed E-state index contributed by atoms with van der Waals surface area (Å²) < 4.78 is 36.0. The van der Waals surface area contributed by atoms with Crippen LogP contribution in [0, 0.1) is 5.92 Å². The van der Waals surface area contributed by atoms with Crippen LogP contribution in [0.4, 0.5) is 0 Å². The Morgan fingerprint density at radius 2 is 1.25 bits per heavy atom. The van der Waals surface area contributed by atoms with Crippen molar-refractivity contribution in [1.29, 1.82) is 0 Å². The first-order valence-corrected chi connectivity index (χ1v) is 14.1. The van der Waals surface area contributed by atoms with Crippen LogP contribution in [0.25, 0.3) is 0 Å². The quantitative estimate of drug-likeness (QED) is 0.109. The Bertz CT molecular complexity index is 589. The van der Waals surface area contributed by atoms with Gasteiger partial charge in [-0.2, -0.15) is 8.42 Å². The monoisotopic (exact) mass is 478 g/mol. The molecular formula is C24H46O7S. The highest BCUT2D eigenvalue weighted by molar-refractivity contribution is 7.87. The van der Waals surface area contributed by atoms with Gasteiger partial charge < -0.3 is 9.84 Å². The van der Waals surface area contributed by atoms with E-state index in [9.17, 15) is 18.0 Å². The molecule has 0 saturated heterocycles. The number of aliphatic carboxylic acids is 1. The second-order valence-electron chi connectivity index (χ2n) is 8.86. The van der Waals surface area contributed by atoms with Gasteiger partial charge in [0.25, 0.3) is 10.1 Å². The number of hydrogen-bond acceptors (Lipinski definition) is 5. The fourth-order valence-corrected chi connectivity index (χ4v) is 4.57. The predicted octanol–water partition coefficient (Wildman–Crippen LogP) is 6.16. The Kier molecular flexibility index (Phi) is 18.6. The van der Waals surface area contributed by atoms with Gasteiger partial charge in [-0.15, -0.1) is 0 Å². The van der Waals surface area contributed by atoms with Crippen LogP contribution in [0.5, 0.6) is 0 Å². The van der Waals surface area contributed by atoms with Gasteiger partial charge in [0, 0.05) is 0 Å². The number of hydrogen-bond donors (Lipinski definition) is 2. The molecule has 0 saturated carbocycles. The minimum atomic E-state index is -4.79. The molecule has 0 aromatic heterocycles. The average molecular weight is 479 g/mol. The van der Waals surface area contributed by atoms with E-state index in [0.29, 0.717) is 6.42 Å². The van der Waals surface area contributed by atoms with Crippen LogP contribution in [-0.4, -0.2) is 41.9 Å². The van der Waals surface area contributed by atoms with Crippen molar-refractivity contribution in [3.63, 3.8) is 0 Å². The molecule has 0 amide bonds. The molecule has 2 N–H and O–H groups in total. The maximum absolute atomic E-state index is 11.7. The third-order valence-corrected chi connectivity index (χ3v) is 7.10. The molecule has 0 bridgehead atoms. The normalized spacial score (nSPS) is 13.6. The van der Waals surface area contributed by atoms with Crippen molar-refractivity contribution in [2.45, 2.75) is 128 Å². The first kappa shape index (κ1) is 30.9. The van der Waals surface area contributed by atoms with Gasteiger partial charge in [-0.1, -0.05) is 110 Å². The SMILES string of the molecule is CCCCC(CC)CCCCCCCCCCCCCOC(=O)C(CC(=O)O)S(=O)(=O)O. The Morgan fingerprint density at radius 3 is 1.69 bits per heavy atom. The van der Waals surface area contributed by atoms with Crippen molar-refractivity contribution in [2.24, 2.45) is 5.92 Å². The second-order valence-corrected chi connectivity index (χ2v) is 10.5. The molecule has 0 aliphatic rings. The van der Waals surface area contributed by atoms with Crippen molar-refractivity contribution >= 4 is 22.1 Å². The lowest BCUT2D eigenvalue weighted by Crippen LogP contribution is -2.34. The van der Waals surface area contributed by atoms with Gasteiger partial charge in [-0.3, -0.25) is 14.1 Å². The molecule has 0 heterocycles. The number of ether oxygens (including phenoxy) is 1. The molecule has 0 rings (SSSR count). The highest BCUT2D eigenvalue weighted by Crippen LogP contribution is 2.20. The van der Waals surface area contributed by atoms with Crippen LogP contribution in [0.15, 0.2) is 0 Å². The molecule has 0 aromatic rings. The average Bonchev–Trinajstić information content (AvgIpc) is 2.73. The summed E-state index contributed by atoms with van der Waals surface area (Å²) in [6.07, 6.45) is 18.4. The van der Waals surface area contributed by atoms with Crippen molar-refractivity contribution in [2.75, 3.05) is 6.61 Å². The van der Waals surface area contributed by atoms with Crippen LogP contribution >= 0.6 is 0 Å². The molecule has 2 unspecified atom stereocenters. The molecule has 8 heteroatoms. The first-order valence-electron chi connectivity index (χ1n) is 12.6. The Hall–Kier alpha value is -1.15. The maximum Gasteiger partial charge on any atom is 0.327 e. The Morgan fingerprint density at radius 1 is 0.781 bits per heavy atom. The van der Waals surface area contributed by atoms with Crippen LogP contribution in [0.3, 0.4) is 0 Å². The first-order chi connectivity index (χ1) is 15.2. The van der Waals surface area contributed by atoms with Gasteiger partial charge in [0.2, 0.25) is 0 Å². The molecule has 0 aliphatic carbocycles. The molecule has 0 aliphatic heterocycles. The zero-order valence-electron chi connectivity index (χ0n) is 20.2. The van der Waals surface area contributed by atoms with E-state index in [1.165, 1.54) is 77.0 Å². The van der Waals surface area contributed by atoms with Crippen molar-refractivity contribution in [1.82, 2.24) is 0 Å². The van der Waals surface area contributed by atoms with E-state index < -0.39 is 33.7 Å². The summed E-state index contributed by atoms with van der Waals surface area (Å²) in [6, 6.07) is 0. The minimum absolute atomic E-state index is 0.0296. The summed E-state index contributed by atoms with van der Waals surface area (Å²) >= 11 is 0. The van der Waals surface area contributed by atoms with Gasteiger partial charge in [-0.05, 0) is 12.3 Å². The zero-order valence-corrected chi connectivity index (χ0v) is 21.0. The van der Waals surface area contributed by atoms with Gasteiger partial charge in [0.1, 0.15) is 0 Å². The Labute approximate surface area is 195 Å². The number of carbonyl (C=O) groups excluding carboxylic acids is 1. The molecule has 0 fully saturated rings. The summed E-state index contributed by atoms with van der Waals surface area (Å²) in [5.74, 6) is -1.77. The summed E-state index contributed by atoms with van der Waals surface area (Å²) in [6.45, 7) is 4.61. The minimum Gasteiger partial charge on any atom is -0.481 e. The lowest BCUT2D eigenvalue weighted by molar-refractivity contribution is -0.147. The fourth-order valence-electron chi connectivity index (χ4n) is 3.91. The number of unbranched alkanes of at least 4 members (excludes halogenated alkanes) is 11. The Balaban J connectivity index is 3.58. The standard InChI is InChI=1S/C24H46O7S/c1-3-5-17-21(4-2)18-15-13-11-9-7-6-8-10-12-14-16-19-31-24(27)22(20-23(25)26)32(28,29)30/h21-22H,3-20H2,1-2H3,(H,25,26)(H,28,29,30). The van der Waals surface area contributed by atoms with Gasteiger partial charge >= 0.3 is 11.9 Å². The third-order valence-electron chi connectivity index (χ3n) is 6.03. The summed E-state index contributed by atoms with van der Waals surface area (Å²) in [5.41, 5.74) is 0. The van der Waals surface area contributed by atoms with Crippen LogP contribution in [-0.2, 0) is 24.4 Å². The number of carboxylic acids is 1.